The summed E-state index contributed by atoms with van der Waals surface area (Å²) in [5, 5.41) is 0. The highest BCUT2D eigenvalue weighted by Gasteiger charge is 2.19. The van der Waals surface area contributed by atoms with Crippen molar-refractivity contribution in [3.05, 3.63) is 226 Å². The Kier molecular flexibility index (Phi) is 30.8. The third-order valence-corrected chi connectivity index (χ3v) is 14.7. The van der Waals surface area contributed by atoms with Crippen LogP contribution in [-0.4, -0.2) is 35.2 Å². The van der Waals surface area contributed by atoms with Crippen LogP contribution in [0.1, 0.15) is 247 Å². The van der Waals surface area contributed by atoms with Gasteiger partial charge in [0.2, 0.25) is 0 Å². The molecular formula is C72H88O6. The molecule has 6 heteroatoms. The Balaban J connectivity index is 0.000000354. The van der Waals surface area contributed by atoms with E-state index >= 15 is 0 Å². The predicted molar refractivity (Wildman–Crippen MR) is 324 cm³/mol. The van der Waals surface area contributed by atoms with Crippen LogP contribution in [-0.2, 0) is 6.42 Å². The first-order chi connectivity index (χ1) is 38.1. The number of rotatable bonds is 34. The molecule has 6 rings (SSSR count). The van der Waals surface area contributed by atoms with E-state index in [-0.39, 0.29) is 28.9 Å². The van der Waals surface area contributed by atoms with Crippen molar-refractivity contribution in [3.8, 4) is 0 Å². The number of carbonyl (C=O) groups is 6. The highest BCUT2D eigenvalue weighted by Crippen LogP contribution is 2.29. The molecule has 6 aromatic carbocycles. The lowest BCUT2D eigenvalue weighted by molar-refractivity contribution is 0.0967. The fourth-order valence-corrected chi connectivity index (χ4v) is 9.89. The quantitative estimate of drug-likeness (QED) is 0.0173. The van der Waals surface area contributed by atoms with E-state index in [9.17, 15) is 28.8 Å². The number of benzene rings is 6. The van der Waals surface area contributed by atoms with Crippen LogP contribution < -0.4 is 0 Å². The lowest BCUT2D eigenvalue weighted by atomic mass is 9.84. The Hall–Kier alpha value is -6.92. The lowest BCUT2D eigenvalue weighted by Crippen LogP contribution is -2.11. The van der Waals surface area contributed by atoms with Gasteiger partial charge in [-0.3, -0.25) is 28.8 Å². The smallest absolute Gasteiger partial charge is 0.193 e. The Labute approximate surface area is 468 Å². The minimum Gasteiger partial charge on any atom is -0.298 e. The van der Waals surface area contributed by atoms with Gasteiger partial charge >= 0.3 is 0 Å². The van der Waals surface area contributed by atoms with Crippen LogP contribution in [0, 0.1) is 11.8 Å². The third-order valence-electron chi connectivity index (χ3n) is 14.7. The molecule has 0 saturated carbocycles. The van der Waals surface area contributed by atoms with Crippen LogP contribution in [0.3, 0.4) is 0 Å². The number of aryl methyl sites for hydroxylation is 1. The Morgan fingerprint density at radius 3 is 1.21 bits per heavy atom. The summed E-state index contributed by atoms with van der Waals surface area (Å²) in [6, 6.07) is 46.7. The van der Waals surface area contributed by atoms with E-state index in [4.69, 9.17) is 0 Å². The van der Waals surface area contributed by atoms with E-state index in [0.717, 1.165) is 63.2 Å². The van der Waals surface area contributed by atoms with Gasteiger partial charge in [-0.15, -0.1) is 0 Å². The number of hydrogen-bond acceptors (Lipinski definition) is 6. The Bertz CT molecular complexity index is 2680. The second-order valence-corrected chi connectivity index (χ2v) is 20.8. The van der Waals surface area contributed by atoms with E-state index in [2.05, 4.69) is 34.3 Å². The van der Waals surface area contributed by atoms with Crippen LogP contribution in [0.15, 0.2) is 170 Å². The van der Waals surface area contributed by atoms with Crippen molar-refractivity contribution in [1.82, 2.24) is 0 Å². The first-order valence-corrected chi connectivity index (χ1v) is 29.3. The molecule has 2 unspecified atom stereocenters. The molecule has 0 heterocycles. The van der Waals surface area contributed by atoms with Crippen molar-refractivity contribution in [2.75, 3.05) is 0 Å². The monoisotopic (exact) mass is 1050 g/mol. The molecule has 0 fully saturated rings. The van der Waals surface area contributed by atoms with Crippen LogP contribution in [0.25, 0.3) is 0 Å². The van der Waals surface area contributed by atoms with Gasteiger partial charge in [0.25, 0.3) is 0 Å². The molecule has 0 aliphatic rings. The molecule has 0 aliphatic carbocycles. The molecule has 6 nitrogen and oxygen atoms in total. The second-order valence-electron chi connectivity index (χ2n) is 20.8. The summed E-state index contributed by atoms with van der Waals surface area (Å²) in [4.78, 5) is 74.4. The summed E-state index contributed by atoms with van der Waals surface area (Å²) in [5.41, 5.74) is 6.50. The normalized spacial score (nSPS) is 11.4. The molecule has 0 amide bonds. The second kappa shape index (κ2) is 37.8. The first-order valence-electron chi connectivity index (χ1n) is 29.3. The maximum atomic E-state index is 13.2. The van der Waals surface area contributed by atoms with Crippen molar-refractivity contribution in [1.29, 1.82) is 0 Å². The Morgan fingerprint density at radius 2 is 0.769 bits per heavy atom. The molecule has 0 radical (unpaired) electrons. The number of unbranched alkanes of at least 4 members (excludes halogenated alkanes) is 11. The molecule has 78 heavy (non-hydrogen) atoms. The van der Waals surface area contributed by atoms with Gasteiger partial charge < -0.3 is 0 Å². The van der Waals surface area contributed by atoms with E-state index in [1.807, 2.05) is 72.8 Å². The average molecular weight is 1050 g/mol. The van der Waals surface area contributed by atoms with Gasteiger partial charge in [0.1, 0.15) is 6.29 Å². The van der Waals surface area contributed by atoms with Gasteiger partial charge in [-0.1, -0.05) is 302 Å². The molecule has 0 spiro atoms. The van der Waals surface area contributed by atoms with Gasteiger partial charge in [0.15, 0.2) is 28.9 Å². The fraction of sp³-hybridized carbons (Fsp3) is 0.389. The number of aldehydes is 1. The van der Waals surface area contributed by atoms with Crippen LogP contribution in [0.4, 0.5) is 0 Å². The van der Waals surface area contributed by atoms with Crippen molar-refractivity contribution in [3.63, 3.8) is 0 Å². The molecular weight excluding hydrogens is 961 g/mol. The first kappa shape index (κ1) is 63.6. The summed E-state index contributed by atoms with van der Waals surface area (Å²) in [6.07, 6.45) is 28.8. The summed E-state index contributed by atoms with van der Waals surface area (Å²) in [7, 11) is 0. The number of hydrogen-bond donors (Lipinski definition) is 0. The molecule has 0 aliphatic heterocycles. The number of ketones is 5. The third kappa shape index (κ3) is 23.0. The molecule has 0 aromatic heterocycles. The van der Waals surface area contributed by atoms with Crippen LogP contribution >= 0.6 is 0 Å². The van der Waals surface area contributed by atoms with E-state index in [1.165, 1.54) is 89.5 Å². The number of Topliss-reactive ketones (excluding diaryl/α,β-unsaturated/α-hetero) is 1. The fourth-order valence-electron chi connectivity index (χ4n) is 9.89. The number of allylic oxidation sites excluding steroid dienone is 1. The van der Waals surface area contributed by atoms with E-state index in [1.54, 1.807) is 84.9 Å². The van der Waals surface area contributed by atoms with Crippen molar-refractivity contribution in [2.45, 2.75) is 169 Å². The molecule has 0 bridgehead atoms. The predicted octanol–water partition coefficient (Wildman–Crippen LogP) is 19.2. The summed E-state index contributed by atoms with van der Waals surface area (Å²) in [5.74, 6) is 0.870. The zero-order valence-electron chi connectivity index (χ0n) is 47.5. The molecule has 412 valence electrons. The van der Waals surface area contributed by atoms with E-state index < -0.39 is 0 Å². The van der Waals surface area contributed by atoms with Gasteiger partial charge in [-0.25, -0.2) is 0 Å². The SMILES string of the molecule is C=CC(=O)c1ccc(C(=O)c2ccccc2)cc1.CCCCCC(CCC(=O)c1ccc(C(=O)c2ccccc2)cc1)CCC(CCC)CCc1cc(C(=O)c2ccccc2)ccc1C=O.CCCCCCCCCCCC. The van der Waals surface area contributed by atoms with Crippen molar-refractivity contribution in [2.24, 2.45) is 11.8 Å². The topological polar surface area (TPSA) is 102 Å². The highest BCUT2D eigenvalue weighted by molar-refractivity contribution is 6.11. The van der Waals surface area contributed by atoms with Crippen molar-refractivity contribution < 1.29 is 28.8 Å². The van der Waals surface area contributed by atoms with Crippen molar-refractivity contribution >= 4 is 35.2 Å². The number of carbonyl (C=O) groups excluding carboxylic acids is 6. The average Bonchev–Trinajstić information content (AvgIpc) is 3.50. The minimum absolute atomic E-state index is 0.0273. The largest absolute Gasteiger partial charge is 0.298 e. The lowest BCUT2D eigenvalue weighted by Gasteiger charge is -2.22. The molecule has 2 atom stereocenters. The molecule has 6 aromatic rings. The molecule has 0 saturated heterocycles. The van der Waals surface area contributed by atoms with Gasteiger partial charge in [-0.2, -0.15) is 0 Å². The minimum atomic E-state index is -0.145. The zero-order valence-corrected chi connectivity index (χ0v) is 47.5. The van der Waals surface area contributed by atoms with Gasteiger partial charge in [-0.05, 0) is 48.8 Å². The molecule has 0 N–H and O–H groups in total. The Morgan fingerprint density at radius 1 is 0.385 bits per heavy atom. The highest BCUT2D eigenvalue weighted by atomic mass is 16.1. The maximum Gasteiger partial charge on any atom is 0.193 e. The summed E-state index contributed by atoms with van der Waals surface area (Å²) >= 11 is 0. The van der Waals surface area contributed by atoms with Crippen LogP contribution in [0.2, 0.25) is 0 Å². The zero-order chi connectivity index (χ0) is 56.2. The van der Waals surface area contributed by atoms with Crippen LogP contribution in [0.5, 0.6) is 0 Å². The standard InChI is InChI=1S/C44H50O4.C16H12O2.C12H26/c1-3-5-8-14-34(22-30-42(46)35-24-26-38(27-25-35)43(47)36-15-9-6-10-16-36)20-19-33(13-4-2)21-23-39-31-40(28-29-41(39)32-45)44(48)37-17-11-7-12-18-37;1-2-15(17)12-8-10-14(11-9-12)16(18)13-6-4-3-5-7-13;1-3-5-7-9-11-12-10-8-6-4-2/h6-7,9-12,15-18,24-29,31-34H,3-5,8,13-14,19-23,30H2,1-2H3;2-11H,1H2;3-12H2,1-2H3. The summed E-state index contributed by atoms with van der Waals surface area (Å²) in [6.45, 7) is 12.4. The van der Waals surface area contributed by atoms with E-state index in [0.29, 0.717) is 68.3 Å². The van der Waals surface area contributed by atoms with Gasteiger partial charge in [0, 0.05) is 56.5 Å². The summed E-state index contributed by atoms with van der Waals surface area (Å²) < 4.78 is 0. The maximum absolute atomic E-state index is 13.2. The van der Waals surface area contributed by atoms with Gasteiger partial charge in [0.05, 0.1) is 0 Å².